The Morgan fingerprint density at radius 3 is 1.83 bits per heavy atom. The fourth-order valence-electron chi connectivity index (χ4n) is 11.0. The minimum Gasteiger partial charge on any atom is -0.508 e. The molecule has 6 heteroatoms. The van der Waals surface area contributed by atoms with Gasteiger partial charge < -0.3 is 19.6 Å². The highest BCUT2D eigenvalue weighted by Crippen LogP contribution is 2.49. The lowest BCUT2D eigenvalue weighted by Crippen LogP contribution is -2.43. The van der Waals surface area contributed by atoms with E-state index in [2.05, 4.69) is 28.0 Å². The van der Waals surface area contributed by atoms with Crippen molar-refractivity contribution in [3.8, 4) is 11.5 Å². The maximum absolute atomic E-state index is 12.8. The van der Waals surface area contributed by atoms with E-state index in [1.54, 1.807) is 18.4 Å². The van der Waals surface area contributed by atoms with E-state index in [9.17, 15) is 9.90 Å². The number of rotatable bonds is 7. The lowest BCUT2D eigenvalue weighted by Gasteiger charge is -2.40. The average molecular weight is 669 g/mol. The van der Waals surface area contributed by atoms with Gasteiger partial charge in [-0.2, -0.15) is 11.3 Å². The van der Waals surface area contributed by atoms with Gasteiger partial charge in [0.1, 0.15) is 11.5 Å². The molecule has 48 heavy (non-hydrogen) atoms. The van der Waals surface area contributed by atoms with Crippen molar-refractivity contribution in [2.24, 2.45) is 23.7 Å². The van der Waals surface area contributed by atoms with E-state index in [1.807, 2.05) is 41.1 Å². The Morgan fingerprint density at radius 1 is 0.729 bits per heavy atom. The van der Waals surface area contributed by atoms with Crippen molar-refractivity contribution in [1.29, 1.82) is 0 Å². The summed E-state index contributed by atoms with van der Waals surface area (Å²) in [6, 6.07) is 17.5. The smallest absolute Gasteiger partial charge is 0.193 e. The number of hydrogen-bond donors (Lipinski definition) is 1. The number of para-hydroxylation sites is 1. The predicted octanol–water partition coefficient (Wildman–Crippen LogP) is 9.36. The lowest BCUT2D eigenvalue weighted by atomic mass is 9.85. The van der Waals surface area contributed by atoms with Crippen LogP contribution in [0.3, 0.4) is 0 Å². The average Bonchev–Trinajstić information content (AvgIpc) is 4.00. The summed E-state index contributed by atoms with van der Waals surface area (Å²) in [5.41, 5.74) is 3.95. The second-order valence-corrected chi connectivity index (χ2v) is 16.7. The van der Waals surface area contributed by atoms with E-state index in [0.29, 0.717) is 17.6 Å². The molecule has 258 valence electrons. The van der Waals surface area contributed by atoms with Crippen LogP contribution in [0.5, 0.6) is 11.5 Å². The van der Waals surface area contributed by atoms with Gasteiger partial charge in [-0.15, -0.1) is 0 Å². The van der Waals surface area contributed by atoms with Gasteiger partial charge in [0.2, 0.25) is 0 Å². The van der Waals surface area contributed by atoms with Crippen LogP contribution < -0.4 is 4.74 Å². The number of nitrogens with zero attached hydrogens (tertiary/aromatic N) is 2. The second kappa shape index (κ2) is 14.3. The first kappa shape index (κ1) is 32.5. The topological polar surface area (TPSA) is 53.0 Å². The zero-order valence-corrected chi connectivity index (χ0v) is 29.6. The number of ketones is 1. The van der Waals surface area contributed by atoms with Crippen LogP contribution in [-0.2, 0) is 0 Å². The summed E-state index contributed by atoms with van der Waals surface area (Å²) in [7, 11) is 1.74. The molecule has 6 atom stereocenters. The number of fused-ring (bicyclic) bond motifs is 4. The predicted molar refractivity (Wildman–Crippen MR) is 197 cm³/mol. The maximum atomic E-state index is 12.8. The van der Waals surface area contributed by atoms with Gasteiger partial charge in [0.15, 0.2) is 5.78 Å². The van der Waals surface area contributed by atoms with Crippen molar-refractivity contribution in [3.63, 3.8) is 0 Å². The number of carbonyl (C=O) groups is 1. The van der Waals surface area contributed by atoms with Crippen LogP contribution in [-0.4, -0.2) is 66.1 Å². The Morgan fingerprint density at radius 2 is 1.33 bits per heavy atom. The van der Waals surface area contributed by atoms with E-state index in [-0.39, 0.29) is 7.21 Å². The molecule has 0 spiro atoms. The van der Waals surface area contributed by atoms with Crippen LogP contribution in [0.1, 0.15) is 117 Å². The molecule has 3 heterocycles. The number of carbonyl (C=O) groups excluding carboxylic acids is 1. The quantitative estimate of drug-likeness (QED) is 0.254. The number of phenolic OH excluding ortho intramolecular Hbond substituents is 1. The number of likely N-dealkylation sites (tertiary alicyclic amines) is 2. The summed E-state index contributed by atoms with van der Waals surface area (Å²) >= 11 is 1.57. The fourth-order valence-corrected chi connectivity index (χ4v) is 11.6. The molecule has 1 N–H and O–H groups in total. The molecule has 6 aliphatic rings. The molecule has 1 aromatic heterocycles. The van der Waals surface area contributed by atoms with E-state index in [0.717, 1.165) is 52.6 Å². The number of thiophene rings is 1. The van der Waals surface area contributed by atoms with Crippen LogP contribution in [0.2, 0.25) is 0 Å². The molecule has 9 rings (SSSR count). The molecule has 4 bridgehead atoms. The van der Waals surface area contributed by atoms with Gasteiger partial charge >= 0.3 is 0 Å². The van der Waals surface area contributed by atoms with Gasteiger partial charge in [0.05, 0.1) is 7.11 Å². The zero-order chi connectivity index (χ0) is 32.6. The standard InChI is InChI=1S/C24H29NO2S.C18H25NO.H2/c1-27-23-5-4-19(24(26)20-8-11-28-15-20)14-21(23)17-6-9-25(10-7-17)22-13-16-2-3-18(22)12-16;20-18-4-2-1-3-16(18)14-7-9-19(10-8-14)17-12-13-5-6-15(17)11-13;/h4-5,8,11,14-18,22H,2-3,6-7,9-10,12-13H2,1H3;1-4,13-15,17,20H,5-12H2;1H/t16-,18-,22-;13-,15-,17-;/m00./s1. The molecule has 0 amide bonds. The van der Waals surface area contributed by atoms with Crippen molar-refractivity contribution in [2.75, 3.05) is 33.3 Å². The summed E-state index contributed by atoms with van der Waals surface area (Å²) < 4.78 is 5.67. The minimum absolute atomic E-state index is 0. The number of methoxy groups -OCH3 is 1. The van der Waals surface area contributed by atoms with Crippen LogP contribution in [0.4, 0.5) is 0 Å². The van der Waals surface area contributed by atoms with Crippen molar-refractivity contribution >= 4 is 17.1 Å². The largest absolute Gasteiger partial charge is 0.508 e. The Kier molecular flexibility index (Phi) is 9.68. The number of hydrogen-bond acceptors (Lipinski definition) is 6. The van der Waals surface area contributed by atoms with Gasteiger partial charge in [0, 0.05) is 30.0 Å². The van der Waals surface area contributed by atoms with Crippen LogP contribution in [0.25, 0.3) is 0 Å². The van der Waals surface area contributed by atoms with E-state index < -0.39 is 0 Å². The lowest BCUT2D eigenvalue weighted by molar-refractivity contribution is 0.103. The van der Waals surface area contributed by atoms with Gasteiger partial charge in [-0.05, 0) is 173 Å². The SMILES string of the molecule is COc1ccc(C(=O)c2ccsc2)cc1C1CCN([C@H]2C[C@H]3CC[C@H]2C3)CC1.Oc1ccccc1C1CCN([C@H]2C[C@H]3CC[C@H]2C3)CC1.[HH]. The Hall–Kier alpha value is -2.67. The summed E-state index contributed by atoms with van der Waals surface area (Å²) in [5, 5.41) is 13.9. The molecular formula is C42H56N2O3S. The van der Waals surface area contributed by atoms with Gasteiger partial charge in [-0.3, -0.25) is 4.79 Å². The van der Waals surface area contributed by atoms with Crippen LogP contribution in [0, 0.1) is 23.7 Å². The number of benzene rings is 2. The van der Waals surface area contributed by atoms with E-state index >= 15 is 0 Å². The Balaban J connectivity index is 0.000000159. The van der Waals surface area contributed by atoms with Crippen molar-refractivity contribution in [1.82, 2.24) is 9.80 Å². The Bertz CT molecular complexity index is 1550. The van der Waals surface area contributed by atoms with Gasteiger partial charge in [-0.1, -0.05) is 31.0 Å². The third kappa shape index (κ3) is 6.62. The molecule has 6 fully saturated rings. The van der Waals surface area contributed by atoms with E-state index in [1.165, 1.54) is 114 Å². The van der Waals surface area contributed by atoms with E-state index in [4.69, 9.17) is 4.74 Å². The van der Waals surface area contributed by atoms with Gasteiger partial charge in [-0.25, -0.2) is 0 Å². The molecule has 2 saturated heterocycles. The first-order valence-corrected chi connectivity index (χ1v) is 20.0. The molecular weight excluding hydrogens is 613 g/mol. The Labute approximate surface area is 293 Å². The van der Waals surface area contributed by atoms with Crippen LogP contribution in [0.15, 0.2) is 59.3 Å². The molecule has 2 aliphatic heterocycles. The third-order valence-electron chi connectivity index (χ3n) is 13.5. The first-order chi connectivity index (χ1) is 23.5. The van der Waals surface area contributed by atoms with Gasteiger partial charge in [0.25, 0.3) is 0 Å². The molecule has 3 aromatic rings. The van der Waals surface area contributed by atoms with Crippen LogP contribution >= 0.6 is 11.3 Å². The molecule has 5 nitrogen and oxygen atoms in total. The summed E-state index contributed by atoms with van der Waals surface area (Å²) in [5.74, 6) is 6.60. The number of piperidine rings is 2. The van der Waals surface area contributed by atoms with Crippen molar-refractivity contribution < 1.29 is 16.1 Å². The van der Waals surface area contributed by atoms with Crippen molar-refractivity contribution in [2.45, 2.75) is 101 Å². The number of ether oxygens (including phenoxy) is 1. The number of phenols is 1. The monoisotopic (exact) mass is 668 g/mol. The molecule has 4 aliphatic carbocycles. The highest BCUT2D eigenvalue weighted by atomic mass is 32.1. The molecule has 2 aromatic carbocycles. The third-order valence-corrected chi connectivity index (χ3v) is 14.2. The fraction of sp³-hybridized carbons (Fsp3) is 0.595. The molecule has 4 saturated carbocycles. The minimum atomic E-state index is 0. The van der Waals surface area contributed by atoms with Crippen molar-refractivity contribution in [3.05, 3.63) is 81.5 Å². The first-order valence-electron chi connectivity index (χ1n) is 19.0. The summed E-state index contributed by atoms with van der Waals surface area (Å²) in [6.07, 6.45) is 16.5. The normalized spacial score (nSPS) is 30.8. The second-order valence-electron chi connectivity index (χ2n) is 16.0. The molecule has 0 radical (unpaired) electrons. The zero-order valence-electron chi connectivity index (χ0n) is 28.8. The summed E-state index contributed by atoms with van der Waals surface area (Å²) in [4.78, 5) is 18.3. The highest BCUT2D eigenvalue weighted by molar-refractivity contribution is 7.08. The maximum Gasteiger partial charge on any atom is 0.193 e. The summed E-state index contributed by atoms with van der Waals surface area (Å²) in [6.45, 7) is 4.83. The molecule has 0 unspecified atom stereocenters. The highest BCUT2D eigenvalue weighted by Gasteiger charge is 2.44. The number of aromatic hydroxyl groups is 1.